The van der Waals surface area contributed by atoms with Crippen molar-refractivity contribution in [1.29, 1.82) is 0 Å². The molecule has 1 heterocycles. The number of hydrogen-bond acceptors (Lipinski definition) is 4. The van der Waals surface area contributed by atoms with Gasteiger partial charge in [0, 0.05) is 17.8 Å². The Morgan fingerprint density at radius 1 is 1.15 bits per heavy atom. The topological polar surface area (TPSA) is 54.9 Å². The monoisotopic (exact) mass is 375 g/mol. The molecule has 0 radical (unpaired) electrons. The highest BCUT2D eigenvalue weighted by atomic mass is 32.2. The summed E-state index contributed by atoms with van der Waals surface area (Å²) in [6.07, 6.45) is 2.92. The van der Waals surface area contributed by atoms with Crippen molar-refractivity contribution in [2.24, 2.45) is 5.92 Å². The second kappa shape index (κ2) is 9.12. The van der Waals surface area contributed by atoms with Crippen molar-refractivity contribution in [2.45, 2.75) is 51.7 Å². The van der Waals surface area contributed by atoms with Crippen LogP contribution in [0.25, 0.3) is 0 Å². The van der Waals surface area contributed by atoms with Gasteiger partial charge in [-0.1, -0.05) is 37.7 Å². The Kier molecular flexibility index (Phi) is 7.14. The number of rotatable bonds is 7. The lowest BCUT2D eigenvalue weighted by Gasteiger charge is -2.23. The summed E-state index contributed by atoms with van der Waals surface area (Å²) in [4.78, 5) is 21.4. The maximum atomic E-state index is 13.2. The molecule has 1 amide bonds. The van der Waals surface area contributed by atoms with Crippen LogP contribution in [-0.4, -0.2) is 22.1 Å². The lowest BCUT2D eigenvalue weighted by atomic mass is 9.95. The van der Waals surface area contributed by atoms with Crippen LogP contribution < -0.4 is 5.32 Å². The SMILES string of the molecule is CSc1nc(C)c(CCC(=O)N[C@@H](c2ccc(F)cc2)C(C)C)c(C)n1. The van der Waals surface area contributed by atoms with Gasteiger partial charge in [0.05, 0.1) is 6.04 Å². The molecule has 0 unspecified atom stereocenters. The van der Waals surface area contributed by atoms with Crippen molar-refractivity contribution in [3.05, 3.63) is 52.6 Å². The lowest BCUT2D eigenvalue weighted by Crippen LogP contribution is -2.32. The smallest absolute Gasteiger partial charge is 0.220 e. The van der Waals surface area contributed by atoms with Crippen molar-refractivity contribution in [3.63, 3.8) is 0 Å². The number of benzene rings is 1. The molecule has 0 aliphatic carbocycles. The third kappa shape index (κ3) is 5.27. The number of thioether (sulfide) groups is 1. The zero-order chi connectivity index (χ0) is 19.3. The van der Waals surface area contributed by atoms with Crippen molar-refractivity contribution in [3.8, 4) is 0 Å². The summed E-state index contributed by atoms with van der Waals surface area (Å²) >= 11 is 1.51. The molecule has 0 bridgehead atoms. The van der Waals surface area contributed by atoms with Gasteiger partial charge < -0.3 is 5.32 Å². The molecule has 0 spiro atoms. The molecular weight excluding hydrogens is 349 g/mol. The first-order chi connectivity index (χ1) is 12.3. The summed E-state index contributed by atoms with van der Waals surface area (Å²) in [5.74, 6) is -0.0972. The van der Waals surface area contributed by atoms with Gasteiger partial charge in [0.25, 0.3) is 0 Å². The summed E-state index contributed by atoms with van der Waals surface area (Å²) in [5, 5.41) is 3.83. The van der Waals surface area contributed by atoms with E-state index in [-0.39, 0.29) is 23.7 Å². The van der Waals surface area contributed by atoms with Crippen LogP contribution in [0, 0.1) is 25.6 Å². The van der Waals surface area contributed by atoms with E-state index in [4.69, 9.17) is 0 Å². The highest BCUT2D eigenvalue weighted by Gasteiger charge is 2.19. The third-order valence-corrected chi connectivity index (χ3v) is 4.94. The molecule has 0 saturated heterocycles. The molecule has 26 heavy (non-hydrogen) atoms. The molecule has 6 heteroatoms. The fourth-order valence-electron chi connectivity index (χ4n) is 2.95. The molecule has 0 aliphatic heterocycles. The molecule has 0 aliphatic rings. The number of nitrogens with zero attached hydrogens (tertiary/aromatic N) is 2. The van der Waals surface area contributed by atoms with Gasteiger partial charge in [-0.15, -0.1) is 0 Å². The molecule has 4 nitrogen and oxygen atoms in total. The van der Waals surface area contributed by atoms with Crippen LogP contribution in [0.4, 0.5) is 4.39 Å². The standard InChI is InChI=1S/C20H26FN3OS/c1-12(2)19(15-6-8-16(21)9-7-15)24-18(25)11-10-17-13(3)22-20(26-5)23-14(17)4/h6-9,12,19H,10-11H2,1-5H3,(H,24,25)/t19-/m1/s1. The normalized spacial score (nSPS) is 12.3. The van der Waals surface area contributed by atoms with E-state index in [1.165, 1.54) is 23.9 Å². The Bertz CT molecular complexity index is 739. The molecule has 1 atom stereocenters. The van der Waals surface area contributed by atoms with Gasteiger partial charge in [-0.2, -0.15) is 0 Å². The van der Waals surface area contributed by atoms with Crippen LogP contribution in [-0.2, 0) is 11.2 Å². The molecule has 140 valence electrons. The van der Waals surface area contributed by atoms with Crippen molar-refractivity contribution in [2.75, 3.05) is 6.26 Å². The summed E-state index contributed by atoms with van der Waals surface area (Å²) in [6.45, 7) is 7.99. The van der Waals surface area contributed by atoms with Gasteiger partial charge in [0.1, 0.15) is 5.82 Å². The largest absolute Gasteiger partial charge is 0.349 e. The molecule has 1 aromatic carbocycles. The van der Waals surface area contributed by atoms with E-state index in [0.29, 0.717) is 12.8 Å². The molecule has 1 aromatic heterocycles. The minimum atomic E-state index is -0.276. The lowest BCUT2D eigenvalue weighted by molar-refractivity contribution is -0.122. The number of carbonyl (C=O) groups is 1. The highest BCUT2D eigenvalue weighted by Crippen LogP contribution is 2.23. The zero-order valence-corrected chi connectivity index (χ0v) is 16.8. The number of aromatic nitrogens is 2. The number of halogens is 1. The van der Waals surface area contributed by atoms with E-state index in [1.807, 2.05) is 34.0 Å². The minimum absolute atomic E-state index is 0.0271. The van der Waals surface area contributed by atoms with Crippen molar-refractivity contribution in [1.82, 2.24) is 15.3 Å². The van der Waals surface area contributed by atoms with E-state index in [9.17, 15) is 9.18 Å². The quantitative estimate of drug-likeness (QED) is 0.576. The summed E-state index contributed by atoms with van der Waals surface area (Å²) in [5.41, 5.74) is 3.79. The number of nitrogens with one attached hydrogen (secondary N) is 1. The molecular formula is C20H26FN3OS. The van der Waals surface area contributed by atoms with Gasteiger partial charge in [0.15, 0.2) is 5.16 Å². The Labute approximate surface area is 159 Å². The van der Waals surface area contributed by atoms with Crippen molar-refractivity contribution >= 4 is 17.7 Å². The Morgan fingerprint density at radius 3 is 2.23 bits per heavy atom. The predicted molar refractivity (Wildman–Crippen MR) is 104 cm³/mol. The Hall–Kier alpha value is -1.95. The van der Waals surface area contributed by atoms with Crippen LogP contribution in [0.3, 0.4) is 0 Å². The maximum absolute atomic E-state index is 13.2. The fraction of sp³-hybridized carbons (Fsp3) is 0.450. The average Bonchev–Trinajstić information content (AvgIpc) is 2.59. The van der Waals surface area contributed by atoms with Crippen molar-refractivity contribution < 1.29 is 9.18 Å². The summed E-state index contributed by atoms with van der Waals surface area (Å²) in [7, 11) is 0. The molecule has 0 saturated carbocycles. The number of aryl methyl sites for hydroxylation is 2. The first-order valence-corrected chi connectivity index (χ1v) is 9.97. The first kappa shape index (κ1) is 20.4. The summed E-state index contributed by atoms with van der Waals surface area (Å²) < 4.78 is 13.2. The number of hydrogen-bond donors (Lipinski definition) is 1. The van der Waals surface area contributed by atoms with Crippen LogP contribution in [0.2, 0.25) is 0 Å². The van der Waals surface area contributed by atoms with Gasteiger partial charge in [-0.3, -0.25) is 4.79 Å². The van der Waals surface area contributed by atoms with Crippen LogP contribution >= 0.6 is 11.8 Å². The second-order valence-electron chi connectivity index (χ2n) is 6.70. The van der Waals surface area contributed by atoms with Gasteiger partial charge in [0.2, 0.25) is 5.91 Å². The van der Waals surface area contributed by atoms with Crippen LogP contribution in [0.15, 0.2) is 29.4 Å². The van der Waals surface area contributed by atoms with E-state index in [2.05, 4.69) is 15.3 Å². The minimum Gasteiger partial charge on any atom is -0.349 e. The summed E-state index contributed by atoms with van der Waals surface area (Å²) in [6, 6.07) is 6.16. The average molecular weight is 376 g/mol. The molecule has 0 fully saturated rings. The van der Waals surface area contributed by atoms with Crippen LogP contribution in [0.1, 0.15) is 48.8 Å². The molecule has 2 aromatic rings. The number of carbonyl (C=O) groups excluding carboxylic acids is 1. The van der Waals surface area contributed by atoms with Gasteiger partial charge >= 0.3 is 0 Å². The van der Waals surface area contributed by atoms with E-state index < -0.39 is 0 Å². The van der Waals surface area contributed by atoms with Crippen LogP contribution in [0.5, 0.6) is 0 Å². The van der Waals surface area contributed by atoms with E-state index in [1.54, 1.807) is 12.1 Å². The molecule has 1 N–H and O–H groups in total. The number of amides is 1. The first-order valence-electron chi connectivity index (χ1n) is 8.74. The van der Waals surface area contributed by atoms with E-state index in [0.717, 1.165) is 27.7 Å². The highest BCUT2D eigenvalue weighted by molar-refractivity contribution is 7.98. The Balaban J connectivity index is 2.04. The van der Waals surface area contributed by atoms with Gasteiger partial charge in [-0.05, 0) is 55.7 Å². The molecule has 2 rings (SSSR count). The maximum Gasteiger partial charge on any atom is 0.220 e. The zero-order valence-electron chi connectivity index (χ0n) is 16.0. The fourth-order valence-corrected chi connectivity index (χ4v) is 3.41. The third-order valence-electron chi connectivity index (χ3n) is 4.40. The second-order valence-corrected chi connectivity index (χ2v) is 7.47. The predicted octanol–water partition coefficient (Wildman–Crippen LogP) is 4.40. The Morgan fingerprint density at radius 2 is 1.73 bits per heavy atom. The van der Waals surface area contributed by atoms with Gasteiger partial charge in [-0.25, -0.2) is 14.4 Å². The van der Waals surface area contributed by atoms with E-state index >= 15 is 0 Å².